The van der Waals surface area contributed by atoms with E-state index in [0.717, 1.165) is 44.4 Å². The number of hydrogen-bond acceptors (Lipinski definition) is 8. The van der Waals surface area contributed by atoms with Gasteiger partial charge in [0.25, 0.3) is 0 Å². The second-order valence-electron chi connectivity index (χ2n) is 14.0. The van der Waals surface area contributed by atoms with Crippen LogP contribution in [0.25, 0.3) is 0 Å². The van der Waals surface area contributed by atoms with Gasteiger partial charge in [-0.3, -0.25) is 18.6 Å². The van der Waals surface area contributed by atoms with Crippen molar-refractivity contribution in [3.8, 4) is 0 Å². The Bertz CT molecular complexity index is 773. The Hall–Kier alpha value is -0.990. The number of phosphoric ester groups is 1. The Balaban J connectivity index is 4.28. The fourth-order valence-corrected chi connectivity index (χ4v) is 5.78. The summed E-state index contributed by atoms with van der Waals surface area (Å²) in [6, 6.07) is 0. The van der Waals surface area contributed by atoms with Crippen LogP contribution in [0.4, 0.5) is 0 Å². The molecule has 0 aliphatic rings. The van der Waals surface area contributed by atoms with Gasteiger partial charge >= 0.3 is 19.8 Å². The van der Waals surface area contributed by atoms with Crippen LogP contribution in [0.15, 0.2) is 0 Å². The third kappa shape index (κ3) is 31.4. The predicted octanol–water partition coefficient (Wildman–Crippen LogP) is 9.43. The van der Waals surface area contributed by atoms with Crippen molar-refractivity contribution in [3.05, 3.63) is 0 Å². The number of hydrogen-bond donors (Lipinski definition) is 2. The summed E-state index contributed by atoms with van der Waals surface area (Å²) in [6.07, 6.45) is 21.3. The van der Waals surface area contributed by atoms with Crippen LogP contribution in [0.2, 0.25) is 0 Å². The fraction of sp³-hybridized carbons (Fsp3) is 0.943. The Kier molecular flexibility index (Phi) is 27.4. The van der Waals surface area contributed by atoms with E-state index in [-0.39, 0.29) is 38.6 Å². The molecule has 268 valence electrons. The Morgan fingerprint density at radius 3 is 1.73 bits per heavy atom. The molecular formula is C35H70NO8P. The van der Waals surface area contributed by atoms with E-state index in [2.05, 4.69) is 34.6 Å². The molecule has 0 aromatic carbocycles. The molecule has 0 aromatic heterocycles. The molecule has 10 heteroatoms. The standard InChI is InChI=1S/C35H70NO8P/c1-6-31(2)23-19-15-11-7-8-12-16-20-24-33(37)41-29-32(30-43-45(39,40)42-28-27-36)44-34(38)25-21-17-13-9-10-14-18-22-26-35(3,4)5/h31-32H,6-30,36H2,1-5H3,(H,39,40)/t31?,32-/m0/s1. The molecule has 0 aliphatic heterocycles. The highest BCUT2D eigenvalue weighted by atomic mass is 31.2. The third-order valence-corrected chi connectivity index (χ3v) is 9.09. The molecule has 9 nitrogen and oxygen atoms in total. The lowest BCUT2D eigenvalue weighted by molar-refractivity contribution is -0.161. The van der Waals surface area contributed by atoms with Crippen LogP contribution in [0.1, 0.15) is 169 Å². The molecule has 3 N–H and O–H groups in total. The first-order chi connectivity index (χ1) is 21.4. The quantitative estimate of drug-likeness (QED) is 0.0422. The molecule has 0 fully saturated rings. The van der Waals surface area contributed by atoms with E-state index >= 15 is 0 Å². The molecule has 0 aromatic rings. The van der Waals surface area contributed by atoms with Gasteiger partial charge in [-0.25, -0.2) is 4.57 Å². The Morgan fingerprint density at radius 2 is 1.22 bits per heavy atom. The lowest BCUT2D eigenvalue weighted by Crippen LogP contribution is -2.29. The Labute approximate surface area is 276 Å². The molecule has 0 rings (SSSR count). The minimum absolute atomic E-state index is 0.0551. The first-order valence-corrected chi connectivity index (χ1v) is 19.5. The highest BCUT2D eigenvalue weighted by molar-refractivity contribution is 7.47. The number of esters is 2. The summed E-state index contributed by atoms with van der Waals surface area (Å²) in [5.41, 5.74) is 5.73. The van der Waals surface area contributed by atoms with Gasteiger partial charge in [-0.05, 0) is 30.6 Å². The van der Waals surface area contributed by atoms with Crippen molar-refractivity contribution in [1.82, 2.24) is 0 Å². The second kappa shape index (κ2) is 28.1. The van der Waals surface area contributed by atoms with Gasteiger partial charge in [0.2, 0.25) is 0 Å². The second-order valence-corrected chi connectivity index (χ2v) is 15.4. The molecule has 0 spiro atoms. The summed E-state index contributed by atoms with van der Waals surface area (Å²) in [5.74, 6) is -0.00206. The summed E-state index contributed by atoms with van der Waals surface area (Å²) in [4.78, 5) is 34.6. The van der Waals surface area contributed by atoms with Gasteiger partial charge in [-0.15, -0.1) is 0 Å². The van der Waals surface area contributed by atoms with Crippen molar-refractivity contribution in [3.63, 3.8) is 0 Å². The molecule has 0 saturated carbocycles. The fourth-order valence-electron chi connectivity index (χ4n) is 5.01. The maximum Gasteiger partial charge on any atom is 0.472 e. The van der Waals surface area contributed by atoms with E-state index < -0.39 is 26.5 Å². The van der Waals surface area contributed by atoms with Gasteiger partial charge in [0.15, 0.2) is 6.10 Å². The van der Waals surface area contributed by atoms with Crippen molar-refractivity contribution >= 4 is 19.8 Å². The number of nitrogens with two attached hydrogens (primary N) is 1. The van der Waals surface area contributed by atoms with Crippen LogP contribution in [0.5, 0.6) is 0 Å². The summed E-state index contributed by atoms with van der Waals surface area (Å²) in [5, 5.41) is 0. The van der Waals surface area contributed by atoms with Crippen molar-refractivity contribution in [2.45, 2.75) is 176 Å². The molecule has 0 bridgehead atoms. The van der Waals surface area contributed by atoms with Gasteiger partial charge in [0.1, 0.15) is 6.61 Å². The number of unbranched alkanes of at least 4 members (excludes halogenated alkanes) is 14. The smallest absolute Gasteiger partial charge is 0.462 e. The molecule has 45 heavy (non-hydrogen) atoms. The van der Waals surface area contributed by atoms with E-state index in [1.54, 1.807) is 0 Å². The summed E-state index contributed by atoms with van der Waals surface area (Å²) < 4.78 is 32.6. The van der Waals surface area contributed by atoms with E-state index in [1.807, 2.05) is 0 Å². The Morgan fingerprint density at radius 1 is 0.733 bits per heavy atom. The molecule has 3 atom stereocenters. The zero-order valence-corrected chi connectivity index (χ0v) is 30.6. The highest BCUT2D eigenvalue weighted by Gasteiger charge is 2.26. The van der Waals surface area contributed by atoms with Gasteiger partial charge < -0.3 is 20.1 Å². The molecular weight excluding hydrogens is 593 g/mol. The van der Waals surface area contributed by atoms with Crippen LogP contribution in [-0.4, -0.2) is 49.3 Å². The lowest BCUT2D eigenvalue weighted by atomic mass is 9.89. The van der Waals surface area contributed by atoms with Crippen LogP contribution in [0, 0.1) is 11.3 Å². The van der Waals surface area contributed by atoms with E-state index in [0.29, 0.717) is 11.8 Å². The summed E-state index contributed by atoms with van der Waals surface area (Å²) in [6.45, 7) is 10.6. The topological polar surface area (TPSA) is 134 Å². The van der Waals surface area contributed by atoms with E-state index in [9.17, 15) is 19.0 Å². The number of ether oxygens (including phenoxy) is 2. The zero-order valence-electron chi connectivity index (χ0n) is 29.7. The third-order valence-electron chi connectivity index (χ3n) is 8.11. The van der Waals surface area contributed by atoms with Crippen LogP contribution in [-0.2, 0) is 32.7 Å². The molecule has 2 unspecified atom stereocenters. The zero-order chi connectivity index (χ0) is 33.8. The number of carbonyl (C=O) groups is 2. The molecule has 0 amide bonds. The maximum absolute atomic E-state index is 12.5. The van der Waals surface area contributed by atoms with Crippen LogP contribution in [0.3, 0.4) is 0 Å². The van der Waals surface area contributed by atoms with Crippen LogP contribution >= 0.6 is 7.82 Å². The number of phosphoric acid groups is 1. The monoisotopic (exact) mass is 663 g/mol. The minimum Gasteiger partial charge on any atom is -0.462 e. The van der Waals surface area contributed by atoms with Crippen molar-refractivity contribution in [2.24, 2.45) is 17.1 Å². The van der Waals surface area contributed by atoms with Gasteiger partial charge in [0.05, 0.1) is 13.2 Å². The van der Waals surface area contributed by atoms with Crippen LogP contribution < -0.4 is 5.73 Å². The SMILES string of the molecule is CCC(C)CCCCCCCCCCC(=O)OC[C@@H](COP(=O)(O)OCCN)OC(=O)CCCCCCCCCCC(C)(C)C. The average molecular weight is 664 g/mol. The first-order valence-electron chi connectivity index (χ1n) is 18.1. The summed E-state index contributed by atoms with van der Waals surface area (Å²) >= 11 is 0. The lowest BCUT2D eigenvalue weighted by Gasteiger charge is -2.20. The largest absolute Gasteiger partial charge is 0.472 e. The molecule has 0 radical (unpaired) electrons. The van der Waals surface area contributed by atoms with Crippen molar-refractivity contribution < 1.29 is 37.6 Å². The first kappa shape index (κ1) is 44.0. The maximum atomic E-state index is 12.5. The van der Waals surface area contributed by atoms with Gasteiger partial charge in [-0.2, -0.15) is 0 Å². The molecule has 0 aliphatic carbocycles. The van der Waals surface area contributed by atoms with Gasteiger partial charge in [-0.1, -0.05) is 137 Å². The molecule has 0 saturated heterocycles. The average Bonchev–Trinajstić information content (AvgIpc) is 2.98. The predicted molar refractivity (Wildman–Crippen MR) is 183 cm³/mol. The van der Waals surface area contributed by atoms with E-state index in [4.69, 9.17) is 24.3 Å². The van der Waals surface area contributed by atoms with Crippen molar-refractivity contribution in [2.75, 3.05) is 26.4 Å². The minimum atomic E-state index is -4.36. The highest BCUT2D eigenvalue weighted by Crippen LogP contribution is 2.43. The molecule has 0 heterocycles. The van der Waals surface area contributed by atoms with Crippen molar-refractivity contribution in [1.29, 1.82) is 0 Å². The summed E-state index contributed by atoms with van der Waals surface area (Å²) in [7, 11) is -4.36. The van der Waals surface area contributed by atoms with E-state index in [1.165, 1.54) is 77.0 Å². The number of rotatable bonds is 31. The van der Waals surface area contributed by atoms with Gasteiger partial charge in [0, 0.05) is 19.4 Å². The normalized spacial score (nSPS) is 14.6. The number of carbonyl (C=O) groups excluding carboxylic acids is 2.